The molecule has 0 saturated carbocycles. The second kappa shape index (κ2) is 8.03. The van der Waals surface area contributed by atoms with E-state index in [9.17, 15) is 0 Å². The molecule has 2 heterocycles. The number of rotatable bonds is 1. The van der Waals surface area contributed by atoms with Crippen LogP contribution in [0.25, 0.3) is 0 Å². The Morgan fingerprint density at radius 3 is 2.43 bits per heavy atom. The first-order chi connectivity index (χ1) is 9.83. The summed E-state index contributed by atoms with van der Waals surface area (Å²) in [6.45, 7) is 3.20. The molecule has 6 heteroatoms. The van der Waals surface area contributed by atoms with Crippen LogP contribution in [-0.4, -0.2) is 53.4 Å². The Hall–Kier alpha value is -0.760. The average molecular weight is 416 g/mol. The topological polar surface area (TPSA) is 31.2 Å². The van der Waals surface area contributed by atoms with Crippen LogP contribution < -0.4 is 0 Å². The van der Waals surface area contributed by atoms with Crippen LogP contribution >= 0.6 is 35.7 Å². The molecule has 1 aromatic rings. The Morgan fingerprint density at radius 1 is 1.10 bits per heavy atom. The van der Waals surface area contributed by atoms with Crippen molar-refractivity contribution in [1.82, 2.24) is 9.80 Å². The van der Waals surface area contributed by atoms with Crippen LogP contribution in [0.1, 0.15) is 12.8 Å². The number of hydrogen-bond donors (Lipinski definition) is 0. The predicted octanol–water partition coefficient (Wildman–Crippen LogP) is 3.42. The van der Waals surface area contributed by atoms with Crippen LogP contribution in [0.2, 0.25) is 0 Å². The summed E-state index contributed by atoms with van der Waals surface area (Å²) in [6.07, 6.45) is 2.48. The average Bonchev–Trinajstić information content (AvgIpc) is 3.12. The second-order valence-corrected chi connectivity index (χ2v) is 6.17. The molecule has 114 valence electrons. The van der Waals surface area contributed by atoms with Crippen molar-refractivity contribution in [2.24, 2.45) is 9.98 Å². The molecule has 0 unspecified atom stereocenters. The maximum atomic E-state index is 4.82. The van der Waals surface area contributed by atoms with Crippen molar-refractivity contribution in [1.29, 1.82) is 0 Å². The predicted molar refractivity (Wildman–Crippen MR) is 102 cm³/mol. The number of thioether (sulfide) groups is 1. The number of benzene rings is 1. The minimum Gasteiger partial charge on any atom is -0.353 e. The van der Waals surface area contributed by atoms with Crippen molar-refractivity contribution < 1.29 is 0 Å². The highest BCUT2D eigenvalue weighted by atomic mass is 127. The van der Waals surface area contributed by atoms with Gasteiger partial charge in [0, 0.05) is 32.4 Å². The minimum atomic E-state index is 0. The fourth-order valence-corrected chi connectivity index (χ4v) is 3.39. The molecular formula is C15H21IN4S. The SMILES string of the molecule is CN1CCSC1=NC(=Nc1ccccc1)N1CCCC1.I. The van der Waals surface area contributed by atoms with Crippen LogP contribution in [0.5, 0.6) is 0 Å². The summed E-state index contributed by atoms with van der Waals surface area (Å²) >= 11 is 1.82. The lowest BCUT2D eigenvalue weighted by Gasteiger charge is -2.18. The number of para-hydroxylation sites is 1. The second-order valence-electron chi connectivity index (χ2n) is 5.11. The molecule has 2 fully saturated rings. The highest BCUT2D eigenvalue weighted by molar-refractivity contribution is 14.0. The van der Waals surface area contributed by atoms with Crippen molar-refractivity contribution in [3.05, 3.63) is 30.3 Å². The van der Waals surface area contributed by atoms with Gasteiger partial charge in [0.1, 0.15) is 0 Å². The first-order valence-electron chi connectivity index (χ1n) is 7.14. The summed E-state index contributed by atoms with van der Waals surface area (Å²) in [7, 11) is 2.10. The number of guanidine groups is 1. The highest BCUT2D eigenvalue weighted by Crippen LogP contribution is 2.20. The van der Waals surface area contributed by atoms with Gasteiger partial charge >= 0.3 is 0 Å². The van der Waals surface area contributed by atoms with Crippen LogP contribution in [0.15, 0.2) is 40.3 Å². The van der Waals surface area contributed by atoms with Gasteiger partial charge in [0.2, 0.25) is 5.96 Å². The standard InChI is InChI=1S/C15H20N4S.HI/c1-18-11-12-20-15(18)17-14(19-9-5-6-10-19)16-13-7-3-2-4-8-13;/h2-4,7-8H,5-6,9-12H2,1H3;1H. The van der Waals surface area contributed by atoms with Gasteiger partial charge in [-0.1, -0.05) is 30.0 Å². The first-order valence-corrected chi connectivity index (χ1v) is 8.13. The number of nitrogens with zero attached hydrogens (tertiary/aromatic N) is 4. The van der Waals surface area contributed by atoms with E-state index in [2.05, 4.69) is 16.8 Å². The Kier molecular flexibility index (Phi) is 6.35. The zero-order valence-electron chi connectivity index (χ0n) is 12.2. The maximum Gasteiger partial charge on any atom is 0.228 e. The molecule has 0 aromatic heterocycles. The van der Waals surface area contributed by atoms with E-state index in [-0.39, 0.29) is 24.0 Å². The molecular weight excluding hydrogens is 395 g/mol. The fourth-order valence-electron chi connectivity index (χ4n) is 2.38. The molecule has 1 aromatic carbocycles. The van der Waals surface area contributed by atoms with Crippen LogP contribution in [-0.2, 0) is 0 Å². The van der Waals surface area contributed by atoms with Crippen LogP contribution in [0.3, 0.4) is 0 Å². The lowest BCUT2D eigenvalue weighted by atomic mass is 10.3. The number of likely N-dealkylation sites (tertiary alicyclic amines) is 1. The van der Waals surface area contributed by atoms with E-state index in [0.29, 0.717) is 0 Å². The third kappa shape index (κ3) is 4.35. The minimum absolute atomic E-state index is 0. The van der Waals surface area contributed by atoms with Gasteiger partial charge in [0.15, 0.2) is 5.17 Å². The third-order valence-corrected chi connectivity index (χ3v) is 4.60. The van der Waals surface area contributed by atoms with Crippen molar-refractivity contribution >= 4 is 52.6 Å². The number of hydrogen-bond acceptors (Lipinski definition) is 2. The van der Waals surface area contributed by atoms with E-state index >= 15 is 0 Å². The Morgan fingerprint density at radius 2 is 1.81 bits per heavy atom. The van der Waals surface area contributed by atoms with E-state index in [1.165, 1.54) is 12.8 Å². The quantitative estimate of drug-likeness (QED) is 0.400. The molecule has 0 spiro atoms. The van der Waals surface area contributed by atoms with Gasteiger partial charge in [-0.15, -0.1) is 24.0 Å². The van der Waals surface area contributed by atoms with Crippen molar-refractivity contribution in [2.75, 3.05) is 32.4 Å². The largest absolute Gasteiger partial charge is 0.353 e. The van der Waals surface area contributed by atoms with E-state index in [1.54, 1.807) is 0 Å². The van der Waals surface area contributed by atoms with Gasteiger partial charge in [-0.25, -0.2) is 4.99 Å². The molecule has 2 aliphatic heterocycles. The summed E-state index contributed by atoms with van der Waals surface area (Å²) in [5.41, 5.74) is 0.976. The lowest BCUT2D eigenvalue weighted by molar-refractivity contribution is 0.510. The molecule has 2 saturated heterocycles. The monoisotopic (exact) mass is 416 g/mol. The fraction of sp³-hybridized carbons (Fsp3) is 0.467. The third-order valence-electron chi connectivity index (χ3n) is 3.55. The number of amidine groups is 1. The summed E-state index contributed by atoms with van der Waals surface area (Å²) in [5, 5.41) is 1.09. The lowest BCUT2D eigenvalue weighted by Crippen LogP contribution is -2.29. The van der Waals surface area contributed by atoms with Crippen molar-refractivity contribution in [2.45, 2.75) is 12.8 Å². The van der Waals surface area contributed by atoms with Gasteiger partial charge in [-0.2, -0.15) is 4.99 Å². The van der Waals surface area contributed by atoms with Gasteiger partial charge in [0.25, 0.3) is 0 Å². The summed E-state index contributed by atoms with van der Waals surface area (Å²) in [4.78, 5) is 14.1. The molecule has 3 rings (SSSR count). The Balaban J connectivity index is 0.00000161. The molecule has 21 heavy (non-hydrogen) atoms. The normalized spacial score (nSPS) is 21.0. The first kappa shape index (κ1) is 16.6. The summed E-state index contributed by atoms with van der Waals surface area (Å²) < 4.78 is 0. The molecule has 2 aliphatic rings. The van der Waals surface area contributed by atoms with Gasteiger partial charge < -0.3 is 9.80 Å². The smallest absolute Gasteiger partial charge is 0.228 e. The molecule has 0 amide bonds. The maximum absolute atomic E-state index is 4.82. The van der Waals surface area contributed by atoms with Gasteiger partial charge in [0.05, 0.1) is 5.69 Å². The molecule has 4 nitrogen and oxygen atoms in total. The zero-order valence-corrected chi connectivity index (χ0v) is 15.4. The van der Waals surface area contributed by atoms with E-state index in [0.717, 1.165) is 42.2 Å². The molecule has 0 atom stereocenters. The number of aliphatic imine (C=N–C) groups is 2. The van der Waals surface area contributed by atoms with E-state index in [4.69, 9.17) is 9.98 Å². The van der Waals surface area contributed by atoms with Crippen LogP contribution in [0, 0.1) is 0 Å². The Labute approximate surface area is 147 Å². The van der Waals surface area contributed by atoms with Gasteiger partial charge in [-0.3, -0.25) is 0 Å². The number of halogens is 1. The molecule has 0 N–H and O–H groups in total. The Bertz CT molecular complexity index is 512. The summed E-state index contributed by atoms with van der Waals surface area (Å²) in [5.74, 6) is 1.98. The van der Waals surface area contributed by atoms with Crippen molar-refractivity contribution in [3.8, 4) is 0 Å². The van der Waals surface area contributed by atoms with E-state index in [1.807, 2.05) is 42.1 Å². The van der Waals surface area contributed by atoms with E-state index < -0.39 is 0 Å². The molecule has 0 aliphatic carbocycles. The highest BCUT2D eigenvalue weighted by Gasteiger charge is 2.20. The zero-order chi connectivity index (χ0) is 13.8. The molecule has 0 bridgehead atoms. The van der Waals surface area contributed by atoms with Gasteiger partial charge in [-0.05, 0) is 25.0 Å². The molecule has 0 radical (unpaired) electrons. The van der Waals surface area contributed by atoms with Crippen molar-refractivity contribution in [3.63, 3.8) is 0 Å². The van der Waals surface area contributed by atoms with Crippen LogP contribution in [0.4, 0.5) is 5.69 Å². The summed E-state index contributed by atoms with van der Waals surface area (Å²) in [6, 6.07) is 10.1.